The molecule has 2 fully saturated rings. The minimum absolute atomic E-state index is 0.0423. The van der Waals surface area contributed by atoms with Crippen LogP contribution in [0.1, 0.15) is 77.3 Å². The van der Waals surface area contributed by atoms with Crippen LogP contribution in [0.4, 0.5) is 4.39 Å². The van der Waals surface area contributed by atoms with Crippen molar-refractivity contribution in [3.05, 3.63) is 75.8 Å². The molecule has 1 aliphatic carbocycles. The fourth-order valence-electron chi connectivity index (χ4n) is 5.83. The number of rotatable bonds is 9. The number of halogens is 1. The topological polar surface area (TPSA) is 110 Å². The van der Waals surface area contributed by atoms with Gasteiger partial charge in [0.25, 0.3) is 0 Å². The second-order valence-electron chi connectivity index (χ2n) is 11.4. The highest BCUT2D eigenvalue weighted by atomic mass is 32.1. The zero-order valence-electron chi connectivity index (χ0n) is 22.8. The molecule has 1 saturated heterocycles. The SMILES string of the molecule is CC1(Cc2nc3sc(C(=O)O)cc3n2C[C@@H]2CCO2)CCC(c2cccc(OCc3ccc(C#N)cc3F)n2)CC1. The standard InChI is InChI=1S/C31H31FN4O4S/c1-31(15-27-35-29-25(14-26(41-29)30(37)38)36(27)17-22-9-12-39-22)10-7-20(8-11-31)24-3-2-4-28(34-24)40-18-21-6-5-19(16-33)13-23(21)32/h2-6,13-14,20,22H,7-12,15,17-18H2,1H3,(H,37,38)/t20?,22-,31?/m0/s1. The Labute approximate surface area is 241 Å². The number of carboxylic acids is 1. The Morgan fingerprint density at radius 2 is 2.05 bits per heavy atom. The Kier molecular flexibility index (Phi) is 7.49. The molecule has 2 aliphatic rings. The van der Waals surface area contributed by atoms with Crippen LogP contribution in [-0.2, 0) is 24.3 Å². The molecular formula is C31H31FN4O4S. The molecule has 0 radical (unpaired) electrons. The lowest BCUT2D eigenvalue weighted by molar-refractivity contribution is -0.0591. The van der Waals surface area contributed by atoms with E-state index in [9.17, 15) is 14.3 Å². The van der Waals surface area contributed by atoms with Gasteiger partial charge in [-0.2, -0.15) is 5.26 Å². The Morgan fingerprint density at radius 1 is 1.24 bits per heavy atom. The number of carbonyl (C=O) groups is 1. The number of aromatic nitrogens is 3. The lowest BCUT2D eigenvalue weighted by Gasteiger charge is -2.37. The van der Waals surface area contributed by atoms with Crippen molar-refractivity contribution in [1.82, 2.24) is 14.5 Å². The van der Waals surface area contributed by atoms with E-state index in [0.29, 0.717) is 28.8 Å². The van der Waals surface area contributed by atoms with Crippen LogP contribution in [0.2, 0.25) is 0 Å². The van der Waals surface area contributed by atoms with Crippen molar-refractivity contribution in [3.63, 3.8) is 0 Å². The van der Waals surface area contributed by atoms with Gasteiger partial charge in [-0.1, -0.05) is 19.1 Å². The van der Waals surface area contributed by atoms with E-state index in [2.05, 4.69) is 11.5 Å². The highest BCUT2D eigenvalue weighted by Crippen LogP contribution is 2.45. The summed E-state index contributed by atoms with van der Waals surface area (Å²) in [4.78, 5) is 22.3. The maximum atomic E-state index is 14.3. The summed E-state index contributed by atoms with van der Waals surface area (Å²) in [6, 6.07) is 13.8. The van der Waals surface area contributed by atoms with Crippen molar-refractivity contribution in [3.8, 4) is 11.9 Å². The second kappa shape index (κ2) is 11.2. The number of fused-ring (bicyclic) bond motifs is 1. The maximum Gasteiger partial charge on any atom is 0.346 e. The van der Waals surface area contributed by atoms with E-state index in [0.717, 1.165) is 67.0 Å². The summed E-state index contributed by atoms with van der Waals surface area (Å²) in [5.41, 5.74) is 2.59. The van der Waals surface area contributed by atoms with E-state index in [1.165, 1.54) is 17.4 Å². The van der Waals surface area contributed by atoms with Crippen LogP contribution >= 0.6 is 11.3 Å². The normalized spacial score (nSPS) is 22.3. The van der Waals surface area contributed by atoms with Gasteiger partial charge in [-0.25, -0.2) is 19.2 Å². The molecule has 4 heterocycles. The van der Waals surface area contributed by atoms with Crippen molar-refractivity contribution in [2.75, 3.05) is 6.61 Å². The molecule has 6 rings (SSSR count). The number of pyridine rings is 1. The molecule has 1 aromatic carbocycles. The van der Waals surface area contributed by atoms with Gasteiger partial charge in [0.2, 0.25) is 5.88 Å². The van der Waals surface area contributed by atoms with Crippen LogP contribution in [0.15, 0.2) is 42.5 Å². The third-order valence-corrected chi connectivity index (χ3v) is 9.42. The third kappa shape index (κ3) is 5.83. The smallest absolute Gasteiger partial charge is 0.346 e. The number of ether oxygens (including phenoxy) is 2. The quantitative estimate of drug-likeness (QED) is 0.244. The molecule has 8 nitrogen and oxygen atoms in total. The van der Waals surface area contributed by atoms with E-state index in [1.54, 1.807) is 24.3 Å². The van der Waals surface area contributed by atoms with Crippen LogP contribution in [0, 0.1) is 22.6 Å². The first kappa shape index (κ1) is 27.4. The Bertz CT molecular complexity index is 1630. The average Bonchev–Trinajstić information content (AvgIpc) is 3.48. The maximum absolute atomic E-state index is 14.3. The predicted octanol–water partition coefficient (Wildman–Crippen LogP) is 6.48. The monoisotopic (exact) mass is 574 g/mol. The number of nitriles is 1. The number of imidazole rings is 1. The number of hydrogen-bond acceptors (Lipinski definition) is 7. The van der Waals surface area contributed by atoms with Gasteiger partial charge in [-0.05, 0) is 61.8 Å². The minimum Gasteiger partial charge on any atom is -0.477 e. The molecule has 41 heavy (non-hydrogen) atoms. The highest BCUT2D eigenvalue weighted by Gasteiger charge is 2.35. The lowest BCUT2D eigenvalue weighted by atomic mass is 9.69. The highest BCUT2D eigenvalue weighted by molar-refractivity contribution is 7.20. The molecule has 4 aromatic rings. The molecular weight excluding hydrogens is 543 g/mol. The summed E-state index contributed by atoms with van der Waals surface area (Å²) < 4.78 is 27.9. The molecule has 3 aromatic heterocycles. The molecule has 212 valence electrons. The first-order chi connectivity index (χ1) is 19.8. The van der Waals surface area contributed by atoms with Gasteiger partial charge in [-0.3, -0.25) is 0 Å². The largest absolute Gasteiger partial charge is 0.477 e. The Hall–Kier alpha value is -3.81. The van der Waals surface area contributed by atoms with E-state index < -0.39 is 11.8 Å². The first-order valence-electron chi connectivity index (χ1n) is 13.9. The van der Waals surface area contributed by atoms with Crippen molar-refractivity contribution < 1.29 is 23.8 Å². The predicted molar refractivity (Wildman–Crippen MR) is 152 cm³/mol. The van der Waals surface area contributed by atoms with E-state index in [4.69, 9.17) is 24.7 Å². The fourth-order valence-corrected chi connectivity index (χ4v) is 6.72. The summed E-state index contributed by atoms with van der Waals surface area (Å²) in [6.45, 7) is 3.83. The van der Waals surface area contributed by atoms with Gasteiger partial charge < -0.3 is 19.1 Å². The summed E-state index contributed by atoms with van der Waals surface area (Å²) >= 11 is 1.23. The molecule has 1 aliphatic heterocycles. The van der Waals surface area contributed by atoms with Gasteiger partial charge in [-0.15, -0.1) is 11.3 Å². The summed E-state index contributed by atoms with van der Waals surface area (Å²) in [5, 5.41) is 18.4. The number of benzene rings is 1. The van der Waals surface area contributed by atoms with Gasteiger partial charge in [0.1, 0.15) is 28.0 Å². The minimum atomic E-state index is -0.921. The molecule has 0 spiro atoms. The molecule has 0 amide bonds. The zero-order valence-corrected chi connectivity index (χ0v) is 23.6. The summed E-state index contributed by atoms with van der Waals surface area (Å²) in [7, 11) is 0. The van der Waals surface area contributed by atoms with Crippen LogP contribution in [0.5, 0.6) is 5.88 Å². The van der Waals surface area contributed by atoms with Crippen LogP contribution in [-0.4, -0.2) is 38.3 Å². The average molecular weight is 575 g/mol. The van der Waals surface area contributed by atoms with Gasteiger partial charge in [0.15, 0.2) is 0 Å². The number of thiophene rings is 1. The molecule has 0 bridgehead atoms. The number of carboxylic acid groups (broad SMARTS) is 1. The molecule has 0 unspecified atom stereocenters. The second-order valence-corrected chi connectivity index (χ2v) is 12.4. The number of nitrogens with zero attached hydrogens (tertiary/aromatic N) is 4. The van der Waals surface area contributed by atoms with E-state index in [1.807, 2.05) is 18.2 Å². The summed E-state index contributed by atoms with van der Waals surface area (Å²) in [6.07, 6.45) is 5.98. The van der Waals surface area contributed by atoms with Gasteiger partial charge >= 0.3 is 5.97 Å². The fraction of sp³-hybridized carbons (Fsp3) is 0.419. The third-order valence-electron chi connectivity index (χ3n) is 8.42. The summed E-state index contributed by atoms with van der Waals surface area (Å²) in [5.74, 6) is 0.386. The van der Waals surface area contributed by atoms with Crippen LogP contribution in [0.25, 0.3) is 10.3 Å². The van der Waals surface area contributed by atoms with Gasteiger partial charge in [0.05, 0.1) is 29.8 Å². The Morgan fingerprint density at radius 3 is 2.73 bits per heavy atom. The van der Waals surface area contributed by atoms with Crippen molar-refractivity contribution in [2.45, 2.75) is 70.6 Å². The first-order valence-corrected chi connectivity index (χ1v) is 14.7. The molecule has 1 N–H and O–H groups in total. The Balaban J connectivity index is 1.11. The van der Waals surface area contributed by atoms with Crippen molar-refractivity contribution in [1.29, 1.82) is 5.26 Å². The number of aromatic carboxylic acids is 1. The van der Waals surface area contributed by atoms with Crippen molar-refractivity contribution >= 4 is 27.7 Å². The van der Waals surface area contributed by atoms with Crippen LogP contribution in [0.3, 0.4) is 0 Å². The lowest BCUT2D eigenvalue weighted by Crippen LogP contribution is -2.33. The van der Waals surface area contributed by atoms with Crippen molar-refractivity contribution in [2.24, 2.45) is 5.41 Å². The van der Waals surface area contributed by atoms with E-state index in [-0.39, 0.29) is 23.7 Å². The van der Waals surface area contributed by atoms with Crippen LogP contribution < -0.4 is 4.74 Å². The molecule has 1 saturated carbocycles. The molecule has 1 atom stereocenters. The number of hydrogen-bond donors (Lipinski definition) is 1. The molecule has 10 heteroatoms. The van der Waals surface area contributed by atoms with Gasteiger partial charge in [0, 0.05) is 36.3 Å². The zero-order chi connectivity index (χ0) is 28.6. The van der Waals surface area contributed by atoms with E-state index >= 15 is 0 Å².